The van der Waals surface area contributed by atoms with Crippen LogP contribution >= 0.6 is 0 Å². The second-order valence-electron chi connectivity index (χ2n) is 4.13. The quantitative estimate of drug-likeness (QED) is 0.668. The molecule has 2 aliphatic heterocycles. The van der Waals surface area contributed by atoms with Crippen LogP contribution < -0.4 is 0 Å². The molecule has 96 valence electrons. The summed E-state index contributed by atoms with van der Waals surface area (Å²) in [6, 6.07) is -0.0176. The topological polar surface area (TPSA) is 79.2 Å². The van der Waals surface area contributed by atoms with Crippen LogP contribution in [0, 0.1) is 0 Å². The molecule has 0 bridgehead atoms. The summed E-state index contributed by atoms with van der Waals surface area (Å²) in [6.45, 7) is 3.37. The van der Waals surface area contributed by atoms with E-state index in [4.69, 9.17) is 9.47 Å². The molecule has 2 heterocycles. The highest BCUT2D eigenvalue weighted by molar-refractivity contribution is 5.95. The summed E-state index contributed by atoms with van der Waals surface area (Å²) in [5.74, 6) is -0.841. The highest BCUT2D eigenvalue weighted by Gasteiger charge is 2.38. The number of amides is 1. The number of ether oxygens (including phenoxy) is 2. The molecule has 2 rings (SSSR count). The fourth-order valence-electron chi connectivity index (χ4n) is 2.12. The highest BCUT2D eigenvalue weighted by atomic mass is 16.6. The van der Waals surface area contributed by atoms with Crippen molar-refractivity contribution in [2.24, 2.45) is 0 Å². The van der Waals surface area contributed by atoms with Crippen molar-refractivity contribution in [3.05, 3.63) is 11.3 Å². The Balaban J connectivity index is 2.06. The molecule has 0 aliphatic carbocycles. The first kappa shape index (κ1) is 12.3. The Hall–Kier alpha value is -1.11. The van der Waals surface area contributed by atoms with Crippen molar-refractivity contribution in [3.63, 3.8) is 0 Å². The Kier molecular flexibility index (Phi) is 3.66. The monoisotopic (exact) mass is 243 g/mol. The Morgan fingerprint density at radius 1 is 1.65 bits per heavy atom. The smallest absolute Gasteiger partial charge is 0.289 e. The molecule has 0 aromatic rings. The molecule has 0 aromatic heterocycles. The van der Waals surface area contributed by atoms with Crippen LogP contribution in [0.1, 0.15) is 13.3 Å². The zero-order valence-electron chi connectivity index (χ0n) is 9.76. The lowest BCUT2D eigenvalue weighted by Crippen LogP contribution is -2.38. The van der Waals surface area contributed by atoms with Crippen molar-refractivity contribution in [1.29, 1.82) is 0 Å². The van der Waals surface area contributed by atoms with E-state index in [1.165, 1.54) is 4.90 Å². The minimum atomic E-state index is -1.21. The van der Waals surface area contributed by atoms with Crippen LogP contribution in [0.4, 0.5) is 0 Å². The predicted molar refractivity (Wildman–Crippen MR) is 58.2 cm³/mol. The first-order chi connectivity index (χ1) is 8.15. The lowest BCUT2D eigenvalue weighted by atomic mass is 10.2. The standard InChI is InChI=1S/C11H17NO5/c1-2-17-11(15)8-5-12(10(14)9(8)13)7-3-4-16-6-7/h7,11,13,15H,2-6H2,1H3/t7-,11?/m1/s1. The number of rotatable bonds is 4. The number of aliphatic hydroxyl groups is 2. The van der Waals surface area contributed by atoms with E-state index in [1.807, 2.05) is 0 Å². The van der Waals surface area contributed by atoms with E-state index in [9.17, 15) is 15.0 Å². The lowest BCUT2D eigenvalue weighted by Gasteiger charge is -2.23. The number of aliphatic hydroxyl groups excluding tert-OH is 2. The molecular weight excluding hydrogens is 226 g/mol. The third-order valence-corrected chi connectivity index (χ3v) is 3.08. The van der Waals surface area contributed by atoms with Gasteiger partial charge in [0.25, 0.3) is 5.91 Å². The van der Waals surface area contributed by atoms with Crippen molar-refractivity contribution in [1.82, 2.24) is 4.90 Å². The summed E-state index contributed by atoms with van der Waals surface area (Å²) >= 11 is 0. The van der Waals surface area contributed by atoms with E-state index in [-0.39, 0.29) is 18.2 Å². The van der Waals surface area contributed by atoms with Crippen molar-refractivity contribution < 1.29 is 24.5 Å². The molecule has 2 N–H and O–H groups in total. The van der Waals surface area contributed by atoms with Crippen LogP contribution in [0.2, 0.25) is 0 Å². The molecule has 6 nitrogen and oxygen atoms in total. The number of hydrogen-bond donors (Lipinski definition) is 2. The van der Waals surface area contributed by atoms with Crippen LogP contribution in [-0.2, 0) is 14.3 Å². The fraction of sp³-hybridized carbons (Fsp3) is 0.727. The van der Waals surface area contributed by atoms with E-state index in [2.05, 4.69) is 0 Å². The number of nitrogens with zero attached hydrogens (tertiary/aromatic N) is 1. The van der Waals surface area contributed by atoms with Crippen molar-refractivity contribution >= 4 is 5.91 Å². The van der Waals surface area contributed by atoms with Gasteiger partial charge in [0.05, 0.1) is 24.8 Å². The fourth-order valence-corrected chi connectivity index (χ4v) is 2.12. The maximum atomic E-state index is 11.8. The molecule has 1 amide bonds. The molecule has 0 saturated carbocycles. The second-order valence-corrected chi connectivity index (χ2v) is 4.13. The highest BCUT2D eigenvalue weighted by Crippen LogP contribution is 2.25. The summed E-state index contributed by atoms with van der Waals surface area (Å²) < 4.78 is 10.2. The van der Waals surface area contributed by atoms with Gasteiger partial charge in [-0.3, -0.25) is 4.79 Å². The molecule has 17 heavy (non-hydrogen) atoms. The minimum absolute atomic E-state index is 0.0176. The Bertz CT molecular complexity index is 335. The van der Waals surface area contributed by atoms with Gasteiger partial charge >= 0.3 is 0 Å². The maximum absolute atomic E-state index is 11.8. The number of carbonyl (C=O) groups excluding carboxylic acids is 1. The molecule has 6 heteroatoms. The SMILES string of the molecule is CCOC(O)C1=C(O)C(=O)N([C@@H]2CCOC2)C1. The van der Waals surface area contributed by atoms with Gasteiger partial charge in [0.15, 0.2) is 12.0 Å². The van der Waals surface area contributed by atoms with Gasteiger partial charge in [-0.25, -0.2) is 0 Å². The lowest BCUT2D eigenvalue weighted by molar-refractivity contribution is -0.129. The third-order valence-electron chi connectivity index (χ3n) is 3.08. The zero-order valence-corrected chi connectivity index (χ0v) is 9.76. The molecular formula is C11H17NO5. The largest absolute Gasteiger partial charge is 0.503 e. The first-order valence-electron chi connectivity index (χ1n) is 5.75. The zero-order chi connectivity index (χ0) is 12.4. The van der Waals surface area contributed by atoms with Crippen LogP contribution in [0.15, 0.2) is 11.3 Å². The van der Waals surface area contributed by atoms with Crippen LogP contribution in [0.25, 0.3) is 0 Å². The normalized spacial score (nSPS) is 27.1. The van der Waals surface area contributed by atoms with Gasteiger partial charge in [0, 0.05) is 13.2 Å². The first-order valence-corrected chi connectivity index (χ1v) is 5.75. The maximum Gasteiger partial charge on any atom is 0.289 e. The van der Waals surface area contributed by atoms with Gasteiger partial charge in [-0.05, 0) is 13.3 Å². The third kappa shape index (κ3) is 2.29. The molecule has 1 fully saturated rings. The summed E-state index contributed by atoms with van der Waals surface area (Å²) in [7, 11) is 0. The van der Waals surface area contributed by atoms with Crippen molar-refractivity contribution in [2.45, 2.75) is 25.7 Å². The van der Waals surface area contributed by atoms with Gasteiger partial charge < -0.3 is 24.6 Å². The van der Waals surface area contributed by atoms with Crippen LogP contribution in [-0.4, -0.2) is 59.7 Å². The predicted octanol–water partition coefficient (Wildman–Crippen LogP) is -0.216. The minimum Gasteiger partial charge on any atom is -0.503 e. The number of carbonyl (C=O) groups is 1. The van der Waals surface area contributed by atoms with Gasteiger partial charge in [-0.15, -0.1) is 0 Å². The molecule has 0 radical (unpaired) electrons. The van der Waals surface area contributed by atoms with E-state index in [0.717, 1.165) is 6.42 Å². The van der Waals surface area contributed by atoms with Crippen LogP contribution in [0.3, 0.4) is 0 Å². The molecule has 0 aromatic carbocycles. The van der Waals surface area contributed by atoms with E-state index >= 15 is 0 Å². The molecule has 1 unspecified atom stereocenters. The second kappa shape index (κ2) is 5.03. The molecule has 0 spiro atoms. The Morgan fingerprint density at radius 2 is 2.41 bits per heavy atom. The molecule has 2 aliphatic rings. The Labute approximate surface area is 99.4 Å². The van der Waals surface area contributed by atoms with E-state index in [0.29, 0.717) is 19.8 Å². The Morgan fingerprint density at radius 3 is 3.00 bits per heavy atom. The van der Waals surface area contributed by atoms with E-state index in [1.54, 1.807) is 6.92 Å². The summed E-state index contributed by atoms with van der Waals surface area (Å²) in [6.07, 6.45) is -0.451. The molecule has 2 atom stereocenters. The van der Waals surface area contributed by atoms with Gasteiger partial charge in [0.2, 0.25) is 0 Å². The summed E-state index contributed by atoms with van der Waals surface area (Å²) in [5, 5.41) is 19.3. The van der Waals surface area contributed by atoms with Gasteiger partial charge in [0.1, 0.15) is 0 Å². The van der Waals surface area contributed by atoms with Crippen LogP contribution in [0.5, 0.6) is 0 Å². The van der Waals surface area contributed by atoms with Gasteiger partial charge in [-0.1, -0.05) is 0 Å². The van der Waals surface area contributed by atoms with Crippen molar-refractivity contribution in [3.8, 4) is 0 Å². The van der Waals surface area contributed by atoms with E-state index < -0.39 is 18.0 Å². The average Bonchev–Trinajstić information content (AvgIpc) is 2.90. The number of hydrogen-bond acceptors (Lipinski definition) is 5. The summed E-state index contributed by atoms with van der Waals surface area (Å²) in [5.41, 5.74) is 0.240. The summed E-state index contributed by atoms with van der Waals surface area (Å²) in [4.78, 5) is 13.3. The van der Waals surface area contributed by atoms with Gasteiger partial charge in [-0.2, -0.15) is 0 Å². The van der Waals surface area contributed by atoms with Crippen molar-refractivity contribution in [2.75, 3.05) is 26.4 Å². The molecule has 1 saturated heterocycles. The average molecular weight is 243 g/mol.